The van der Waals surface area contributed by atoms with E-state index in [-0.39, 0.29) is 12.5 Å². The molecule has 0 heterocycles. The zero-order valence-corrected chi connectivity index (χ0v) is 14.1. The molecule has 5 nitrogen and oxygen atoms in total. The SMILES string of the molecule is CC(C)CC(NC(=O)COc1ccc(Br)cc1Cl)C(=O)O. The van der Waals surface area contributed by atoms with Crippen molar-refractivity contribution in [2.45, 2.75) is 26.3 Å². The van der Waals surface area contributed by atoms with E-state index in [2.05, 4.69) is 21.2 Å². The number of ether oxygens (including phenoxy) is 1. The molecule has 0 aliphatic heterocycles. The lowest BCUT2D eigenvalue weighted by Crippen LogP contribution is -2.43. The standard InChI is InChI=1S/C14H17BrClNO4/c1-8(2)5-11(14(19)20)17-13(18)7-21-12-4-3-9(15)6-10(12)16/h3-4,6,8,11H,5,7H2,1-2H3,(H,17,18)(H,19,20). The fourth-order valence-corrected chi connectivity index (χ4v) is 2.39. The minimum absolute atomic E-state index is 0.160. The van der Waals surface area contributed by atoms with E-state index >= 15 is 0 Å². The van der Waals surface area contributed by atoms with Crippen LogP contribution in [0.1, 0.15) is 20.3 Å². The Morgan fingerprint density at radius 2 is 2.10 bits per heavy atom. The van der Waals surface area contributed by atoms with Crippen molar-refractivity contribution in [2.75, 3.05) is 6.61 Å². The predicted molar refractivity (Wildman–Crippen MR) is 83.7 cm³/mol. The summed E-state index contributed by atoms with van der Waals surface area (Å²) in [5.74, 6) is -1.03. The number of halogens is 2. The first-order valence-corrected chi connectivity index (χ1v) is 7.56. The molecule has 0 spiro atoms. The molecule has 21 heavy (non-hydrogen) atoms. The Morgan fingerprint density at radius 1 is 1.43 bits per heavy atom. The highest BCUT2D eigenvalue weighted by molar-refractivity contribution is 9.10. The molecule has 1 unspecified atom stereocenters. The third kappa shape index (κ3) is 6.35. The smallest absolute Gasteiger partial charge is 0.326 e. The van der Waals surface area contributed by atoms with Gasteiger partial charge in [0.15, 0.2) is 6.61 Å². The van der Waals surface area contributed by atoms with Crippen LogP contribution in [0.3, 0.4) is 0 Å². The summed E-state index contributed by atoms with van der Waals surface area (Å²) in [6, 6.07) is 4.09. The summed E-state index contributed by atoms with van der Waals surface area (Å²) in [5, 5.41) is 11.9. The number of benzene rings is 1. The highest BCUT2D eigenvalue weighted by atomic mass is 79.9. The third-order valence-electron chi connectivity index (χ3n) is 2.59. The molecule has 0 radical (unpaired) electrons. The van der Waals surface area contributed by atoms with E-state index in [9.17, 15) is 9.59 Å². The fourth-order valence-electron chi connectivity index (χ4n) is 1.66. The van der Waals surface area contributed by atoms with Crippen molar-refractivity contribution in [3.63, 3.8) is 0 Å². The first kappa shape index (κ1) is 17.8. The van der Waals surface area contributed by atoms with E-state index in [1.807, 2.05) is 13.8 Å². The maximum Gasteiger partial charge on any atom is 0.326 e. The summed E-state index contributed by atoms with van der Waals surface area (Å²) in [6.07, 6.45) is 0.361. The zero-order chi connectivity index (χ0) is 16.0. The van der Waals surface area contributed by atoms with E-state index in [0.717, 1.165) is 4.47 Å². The van der Waals surface area contributed by atoms with Gasteiger partial charge in [0.05, 0.1) is 5.02 Å². The van der Waals surface area contributed by atoms with Crippen molar-refractivity contribution in [3.8, 4) is 5.75 Å². The third-order valence-corrected chi connectivity index (χ3v) is 3.38. The molecule has 1 rings (SSSR count). The molecule has 0 saturated carbocycles. The van der Waals surface area contributed by atoms with Crippen molar-refractivity contribution < 1.29 is 19.4 Å². The molecule has 116 valence electrons. The van der Waals surface area contributed by atoms with E-state index in [0.29, 0.717) is 17.2 Å². The molecule has 0 aliphatic rings. The van der Waals surface area contributed by atoms with Gasteiger partial charge in [-0.25, -0.2) is 4.79 Å². The number of aliphatic carboxylic acids is 1. The highest BCUT2D eigenvalue weighted by Crippen LogP contribution is 2.27. The quantitative estimate of drug-likeness (QED) is 0.764. The van der Waals surface area contributed by atoms with Crippen LogP contribution < -0.4 is 10.1 Å². The summed E-state index contributed by atoms with van der Waals surface area (Å²) in [4.78, 5) is 22.8. The summed E-state index contributed by atoms with van der Waals surface area (Å²) >= 11 is 9.22. The van der Waals surface area contributed by atoms with Crippen LogP contribution in [0.2, 0.25) is 5.02 Å². The van der Waals surface area contributed by atoms with Crippen molar-refractivity contribution in [1.82, 2.24) is 5.32 Å². The van der Waals surface area contributed by atoms with Gasteiger partial charge < -0.3 is 15.2 Å². The van der Waals surface area contributed by atoms with Gasteiger partial charge in [0, 0.05) is 4.47 Å². The molecule has 0 aromatic heterocycles. The van der Waals surface area contributed by atoms with Gasteiger partial charge in [0.2, 0.25) is 0 Å². The van der Waals surface area contributed by atoms with Crippen molar-refractivity contribution in [1.29, 1.82) is 0 Å². The Balaban J connectivity index is 2.54. The van der Waals surface area contributed by atoms with Crippen molar-refractivity contribution in [3.05, 3.63) is 27.7 Å². The maximum absolute atomic E-state index is 11.7. The van der Waals surface area contributed by atoms with Crippen LogP contribution in [0.4, 0.5) is 0 Å². The van der Waals surface area contributed by atoms with Gasteiger partial charge in [-0.2, -0.15) is 0 Å². The number of rotatable bonds is 7. The van der Waals surface area contributed by atoms with Crippen molar-refractivity contribution in [2.24, 2.45) is 5.92 Å². The summed E-state index contributed by atoms with van der Waals surface area (Å²) in [7, 11) is 0. The lowest BCUT2D eigenvalue weighted by atomic mass is 10.0. The molecule has 0 aliphatic carbocycles. The lowest BCUT2D eigenvalue weighted by Gasteiger charge is -2.16. The molecule has 2 N–H and O–H groups in total. The molecular formula is C14H17BrClNO4. The Morgan fingerprint density at radius 3 is 2.62 bits per heavy atom. The first-order chi connectivity index (χ1) is 9.79. The number of carbonyl (C=O) groups excluding carboxylic acids is 1. The van der Waals surface area contributed by atoms with Gasteiger partial charge in [-0.3, -0.25) is 4.79 Å². The molecule has 1 atom stereocenters. The van der Waals surface area contributed by atoms with Gasteiger partial charge in [-0.1, -0.05) is 41.4 Å². The van der Waals surface area contributed by atoms with Gasteiger partial charge in [0.1, 0.15) is 11.8 Å². The summed E-state index contributed by atoms with van der Waals surface area (Å²) in [5.41, 5.74) is 0. The number of carboxylic acid groups (broad SMARTS) is 1. The number of nitrogens with one attached hydrogen (secondary N) is 1. The lowest BCUT2D eigenvalue weighted by molar-refractivity contribution is -0.142. The van der Waals surface area contributed by atoms with Crippen LogP contribution in [0.15, 0.2) is 22.7 Å². The summed E-state index contributed by atoms with van der Waals surface area (Å²) < 4.78 is 6.08. The number of hydrogen-bond donors (Lipinski definition) is 2. The fraction of sp³-hybridized carbons (Fsp3) is 0.429. The molecule has 1 aromatic rings. The molecule has 0 bridgehead atoms. The van der Waals surface area contributed by atoms with Crippen LogP contribution in [0, 0.1) is 5.92 Å². The second-order valence-corrected chi connectivity index (χ2v) is 6.27. The zero-order valence-electron chi connectivity index (χ0n) is 11.7. The van der Waals surface area contributed by atoms with Crippen LogP contribution in [-0.2, 0) is 9.59 Å². The Kier molecular flexibility index (Phi) is 6.98. The average molecular weight is 379 g/mol. The largest absolute Gasteiger partial charge is 0.482 e. The predicted octanol–water partition coefficient (Wildman–Crippen LogP) is 3.10. The van der Waals surface area contributed by atoms with Crippen LogP contribution in [0.5, 0.6) is 5.75 Å². The highest BCUT2D eigenvalue weighted by Gasteiger charge is 2.21. The number of amides is 1. The van der Waals surface area contributed by atoms with E-state index in [4.69, 9.17) is 21.4 Å². The van der Waals surface area contributed by atoms with Crippen LogP contribution >= 0.6 is 27.5 Å². The molecular weight excluding hydrogens is 362 g/mol. The van der Waals surface area contributed by atoms with Gasteiger partial charge in [-0.15, -0.1) is 0 Å². The van der Waals surface area contributed by atoms with Gasteiger partial charge >= 0.3 is 5.97 Å². The Hall–Kier alpha value is -1.27. The number of hydrogen-bond acceptors (Lipinski definition) is 3. The topological polar surface area (TPSA) is 75.6 Å². The minimum Gasteiger partial charge on any atom is -0.482 e. The Labute approximate surface area is 136 Å². The number of carboxylic acids is 1. The first-order valence-electron chi connectivity index (χ1n) is 6.39. The molecule has 1 aromatic carbocycles. The maximum atomic E-state index is 11.7. The van der Waals surface area contributed by atoms with Crippen molar-refractivity contribution >= 4 is 39.4 Å². The Bertz CT molecular complexity index is 522. The number of carbonyl (C=O) groups is 2. The molecule has 0 fully saturated rings. The van der Waals surface area contributed by atoms with E-state index in [1.54, 1.807) is 18.2 Å². The summed E-state index contributed by atoms with van der Waals surface area (Å²) in [6.45, 7) is 3.49. The van der Waals surface area contributed by atoms with E-state index in [1.165, 1.54) is 0 Å². The van der Waals surface area contributed by atoms with Gasteiger partial charge in [0.25, 0.3) is 5.91 Å². The van der Waals surface area contributed by atoms with Crippen LogP contribution in [-0.4, -0.2) is 29.6 Å². The normalized spacial score (nSPS) is 12.0. The second kappa shape index (κ2) is 8.24. The molecule has 0 saturated heterocycles. The molecule has 1 amide bonds. The average Bonchev–Trinajstić information content (AvgIpc) is 2.36. The second-order valence-electron chi connectivity index (χ2n) is 4.95. The monoisotopic (exact) mass is 377 g/mol. The molecule has 7 heteroatoms. The minimum atomic E-state index is -1.06. The van der Waals surface area contributed by atoms with Crippen LogP contribution in [0.25, 0.3) is 0 Å². The van der Waals surface area contributed by atoms with E-state index < -0.39 is 17.9 Å². The van der Waals surface area contributed by atoms with Gasteiger partial charge in [-0.05, 0) is 30.5 Å².